The van der Waals surface area contributed by atoms with E-state index in [1.807, 2.05) is 25.1 Å². The maximum Gasteiger partial charge on any atom is 0.408 e. The van der Waals surface area contributed by atoms with Gasteiger partial charge in [0.05, 0.1) is 12.4 Å². The van der Waals surface area contributed by atoms with E-state index in [0.29, 0.717) is 5.75 Å². The number of nitrogens with zero attached hydrogens (tertiary/aromatic N) is 2. The van der Waals surface area contributed by atoms with Crippen molar-refractivity contribution in [1.82, 2.24) is 9.78 Å². The second-order valence-corrected chi connectivity index (χ2v) is 5.22. The Bertz CT molecular complexity index is 596. The highest BCUT2D eigenvalue weighted by Gasteiger charge is 2.28. The van der Waals surface area contributed by atoms with E-state index in [0.717, 1.165) is 20.3 Å². The van der Waals surface area contributed by atoms with Crippen LogP contribution in [0.25, 0.3) is 0 Å². The summed E-state index contributed by atoms with van der Waals surface area (Å²) in [5.74, 6) is 0.311. The molecule has 1 heterocycles. The molecule has 0 amide bonds. The van der Waals surface area contributed by atoms with Crippen molar-refractivity contribution >= 4 is 15.9 Å². The van der Waals surface area contributed by atoms with Gasteiger partial charge in [0.1, 0.15) is 13.2 Å². The molecular formula is C13H12BrF3N2O. The van der Waals surface area contributed by atoms with E-state index in [4.69, 9.17) is 4.74 Å². The lowest BCUT2D eigenvalue weighted by atomic mass is 10.2. The summed E-state index contributed by atoms with van der Waals surface area (Å²) in [5.41, 5.74) is 2.03. The van der Waals surface area contributed by atoms with E-state index in [-0.39, 0.29) is 6.61 Å². The molecule has 108 valence electrons. The van der Waals surface area contributed by atoms with Crippen molar-refractivity contribution in [2.24, 2.45) is 0 Å². The first-order valence-corrected chi connectivity index (χ1v) is 6.60. The number of ether oxygens (including phenoxy) is 1. The molecule has 0 saturated heterocycles. The van der Waals surface area contributed by atoms with Gasteiger partial charge in [-0.2, -0.15) is 18.3 Å². The molecule has 0 spiro atoms. The summed E-state index contributed by atoms with van der Waals surface area (Å²) in [6, 6.07) is 5.76. The van der Waals surface area contributed by atoms with Gasteiger partial charge in [-0.25, -0.2) is 0 Å². The van der Waals surface area contributed by atoms with E-state index < -0.39 is 12.7 Å². The molecule has 0 aliphatic heterocycles. The average Bonchev–Trinajstić information content (AvgIpc) is 2.76. The zero-order valence-corrected chi connectivity index (χ0v) is 12.2. The Morgan fingerprint density at radius 3 is 2.75 bits per heavy atom. The third kappa shape index (κ3) is 4.26. The van der Waals surface area contributed by atoms with E-state index >= 15 is 0 Å². The maximum absolute atomic E-state index is 12.2. The largest absolute Gasteiger partial charge is 0.486 e. The molecule has 0 saturated carbocycles. The van der Waals surface area contributed by atoms with Gasteiger partial charge in [-0.05, 0) is 24.1 Å². The number of rotatable bonds is 4. The SMILES string of the molecule is Cc1ccc(COc2cnn(CC(F)(F)F)c2)cc1Br. The van der Waals surface area contributed by atoms with Crippen molar-refractivity contribution in [3.8, 4) is 5.75 Å². The summed E-state index contributed by atoms with van der Waals surface area (Å²) in [7, 11) is 0. The van der Waals surface area contributed by atoms with Gasteiger partial charge in [-0.1, -0.05) is 28.1 Å². The average molecular weight is 349 g/mol. The molecule has 0 fully saturated rings. The number of hydrogen-bond donors (Lipinski definition) is 0. The van der Waals surface area contributed by atoms with Crippen molar-refractivity contribution in [3.63, 3.8) is 0 Å². The molecule has 0 N–H and O–H groups in total. The lowest BCUT2D eigenvalue weighted by Gasteiger charge is -2.06. The second kappa shape index (κ2) is 5.87. The smallest absolute Gasteiger partial charge is 0.408 e. The van der Waals surface area contributed by atoms with Crippen LogP contribution in [0.15, 0.2) is 35.1 Å². The fourth-order valence-electron chi connectivity index (χ4n) is 1.58. The fraction of sp³-hybridized carbons (Fsp3) is 0.308. The van der Waals surface area contributed by atoms with Gasteiger partial charge in [0.2, 0.25) is 0 Å². The zero-order chi connectivity index (χ0) is 14.8. The number of aryl methyl sites for hydroxylation is 1. The summed E-state index contributed by atoms with van der Waals surface area (Å²) in [6.45, 7) is 1.12. The van der Waals surface area contributed by atoms with Gasteiger partial charge >= 0.3 is 6.18 Å². The number of hydrogen-bond acceptors (Lipinski definition) is 2. The first-order valence-electron chi connectivity index (χ1n) is 5.80. The van der Waals surface area contributed by atoms with Crippen LogP contribution in [0.2, 0.25) is 0 Å². The molecule has 2 aromatic rings. The predicted molar refractivity (Wildman–Crippen MR) is 71.5 cm³/mol. The third-order valence-corrected chi connectivity index (χ3v) is 3.45. The van der Waals surface area contributed by atoms with Crippen LogP contribution in [0, 0.1) is 6.92 Å². The number of benzene rings is 1. The lowest BCUT2D eigenvalue weighted by Crippen LogP contribution is -2.17. The molecule has 2 rings (SSSR count). The summed E-state index contributed by atoms with van der Waals surface area (Å²) >= 11 is 3.41. The standard InChI is InChI=1S/C13H12BrF3N2O/c1-9-2-3-10(4-12(9)14)7-20-11-5-18-19(6-11)8-13(15,16)17/h2-6H,7-8H2,1H3. The van der Waals surface area contributed by atoms with Crippen molar-refractivity contribution in [1.29, 1.82) is 0 Å². The minimum atomic E-state index is -4.29. The van der Waals surface area contributed by atoms with Crippen molar-refractivity contribution in [2.45, 2.75) is 26.3 Å². The molecule has 3 nitrogen and oxygen atoms in total. The zero-order valence-electron chi connectivity index (χ0n) is 10.6. The first-order chi connectivity index (χ1) is 9.33. The highest BCUT2D eigenvalue weighted by atomic mass is 79.9. The predicted octanol–water partition coefficient (Wildman–Crippen LogP) is 4.10. The van der Waals surface area contributed by atoms with Crippen LogP contribution in [0.3, 0.4) is 0 Å². The third-order valence-electron chi connectivity index (χ3n) is 2.59. The highest BCUT2D eigenvalue weighted by molar-refractivity contribution is 9.10. The number of alkyl halides is 3. The molecule has 7 heteroatoms. The van der Waals surface area contributed by atoms with Crippen LogP contribution in [-0.4, -0.2) is 16.0 Å². The Hall–Kier alpha value is -1.50. The Balaban J connectivity index is 1.95. The van der Waals surface area contributed by atoms with Crippen LogP contribution < -0.4 is 4.74 Å². The first kappa shape index (κ1) is 14.9. The van der Waals surface area contributed by atoms with Gasteiger partial charge in [-0.3, -0.25) is 4.68 Å². The van der Waals surface area contributed by atoms with Gasteiger partial charge in [0.25, 0.3) is 0 Å². The van der Waals surface area contributed by atoms with E-state index in [2.05, 4.69) is 21.0 Å². The van der Waals surface area contributed by atoms with Crippen LogP contribution in [0.1, 0.15) is 11.1 Å². The fourth-order valence-corrected chi connectivity index (χ4v) is 2.01. The van der Waals surface area contributed by atoms with Crippen LogP contribution in [0.5, 0.6) is 5.75 Å². The number of aromatic nitrogens is 2. The summed E-state index contributed by atoms with van der Waals surface area (Å²) in [5, 5.41) is 3.61. The molecular weight excluding hydrogens is 337 g/mol. The van der Waals surface area contributed by atoms with Gasteiger partial charge in [-0.15, -0.1) is 0 Å². The van der Waals surface area contributed by atoms with Gasteiger partial charge in [0.15, 0.2) is 5.75 Å². The highest BCUT2D eigenvalue weighted by Crippen LogP contribution is 2.21. The summed E-state index contributed by atoms with van der Waals surface area (Å²) in [6.07, 6.45) is -1.78. The van der Waals surface area contributed by atoms with E-state index in [1.165, 1.54) is 12.4 Å². The minimum absolute atomic E-state index is 0.274. The quantitative estimate of drug-likeness (QED) is 0.831. The van der Waals surface area contributed by atoms with Gasteiger partial charge < -0.3 is 4.74 Å². The topological polar surface area (TPSA) is 27.1 Å². The molecule has 0 radical (unpaired) electrons. The van der Waals surface area contributed by atoms with Gasteiger partial charge in [0, 0.05) is 4.47 Å². The van der Waals surface area contributed by atoms with Crippen molar-refractivity contribution < 1.29 is 17.9 Å². The monoisotopic (exact) mass is 348 g/mol. The molecule has 0 atom stereocenters. The molecule has 0 aliphatic rings. The molecule has 0 aliphatic carbocycles. The van der Waals surface area contributed by atoms with Crippen molar-refractivity contribution in [2.75, 3.05) is 0 Å². The Kier molecular flexibility index (Phi) is 4.37. The van der Waals surface area contributed by atoms with Crippen LogP contribution in [-0.2, 0) is 13.2 Å². The summed E-state index contributed by atoms with van der Waals surface area (Å²) in [4.78, 5) is 0. The van der Waals surface area contributed by atoms with Crippen LogP contribution >= 0.6 is 15.9 Å². The normalized spacial score (nSPS) is 11.7. The second-order valence-electron chi connectivity index (χ2n) is 4.36. The lowest BCUT2D eigenvalue weighted by molar-refractivity contribution is -0.142. The van der Waals surface area contributed by atoms with Crippen molar-refractivity contribution in [3.05, 3.63) is 46.2 Å². The molecule has 0 bridgehead atoms. The summed E-state index contributed by atoms with van der Waals surface area (Å²) < 4.78 is 43.7. The molecule has 20 heavy (non-hydrogen) atoms. The molecule has 1 aromatic carbocycles. The molecule has 1 aromatic heterocycles. The number of halogens is 4. The van der Waals surface area contributed by atoms with E-state index in [9.17, 15) is 13.2 Å². The maximum atomic E-state index is 12.2. The Morgan fingerprint density at radius 2 is 2.10 bits per heavy atom. The van der Waals surface area contributed by atoms with Crippen LogP contribution in [0.4, 0.5) is 13.2 Å². The Morgan fingerprint density at radius 1 is 1.35 bits per heavy atom. The molecule has 0 unspecified atom stereocenters. The Labute approximate surface area is 122 Å². The van der Waals surface area contributed by atoms with E-state index in [1.54, 1.807) is 0 Å². The minimum Gasteiger partial charge on any atom is -0.486 e.